The first-order chi connectivity index (χ1) is 16.0. The maximum Gasteiger partial charge on any atom is 0.300 e. The van der Waals surface area contributed by atoms with Crippen molar-refractivity contribution in [2.24, 2.45) is 0 Å². The molecule has 0 saturated carbocycles. The maximum atomic E-state index is 13.3. The number of carbonyl (C=O) groups excluding carboxylic acids is 2. The molecule has 5 nitrogen and oxygen atoms in total. The molecule has 5 heteroatoms. The second-order valence-electron chi connectivity index (χ2n) is 8.01. The zero-order valence-electron chi connectivity index (χ0n) is 19.0. The van der Waals surface area contributed by atoms with Gasteiger partial charge < -0.3 is 9.84 Å². The number of nitrogens with zero attached hydrogens (tertiary/aromatic N) is 1. The number of aryl methyl sites for hydroxylation is 2. The fourth-order valence-corrected chi connectivity index (χ4v) is 4.23. The lowest BCUT2D eigenvalue weighted by molar-refractivity contribution is -0.132. The lowest BCUT2D eigenvalue weighted by atomic mass is 9.92. The summed E-state index contributed by atoms with van der Waals surface area (Å²) >= 11 is 0. The molecule has 0 spiro atoms. The Morgan fingerprint density at radius 1 is 0.970 bits per heavy atom. The Bertz CT molecular complexity index is 1230. The molecule has 0 radical (unpaired) electrons. The number of Topliss-reactive ketones (excluding diaryl/α,β-unsaturated/α-hetero) is 1. The monoisotopic (exact) mass is 441 g/mol. The largest absolute Gasteiger partial charge is 0.507 e. The quantitative estimate of drug-likeness (QED) is 0.308. The third-order valence-electron chi connectivity index (χ3n) is 5.97. The lowest BCUT2D eigenvalue weighted by Crippen LogP contribution is -2.29. The van der Waals surface area contributed by atoms with Crippen molar-refractivity contribution in [3.63, 3.8) is 0 Å². The fourth-order valence-electron chi connectivity index (χ4n) is 4.23. The van der Waals surface area contributed by atoms with Crippen LogP contribution in [0.25, 0.3) is 5.76 Å². The van der Waals surface area contributed by atoms with E-state index in [1.165, 1.54) is 4.90 Å². The molecular formula is C28H27NO4. The highest BCUT2D eigenvalue weighted by Gasteiger charge is 2.47. The fraction of sp³-hybridized carbons (Fsp3) is 0.214. The topological polar surface area (TPSA) is 66.8 Å². The number of anilines is 1. The van der Waals surface area contributed by atoms with E-state index in [9.17, 15) is 14.7 Å². The minimum atomic E-state index is -0.756. The highest BCUT2D eigenvalue weighted by Crippen LogP contribution is 2.43. The molecule has 1 unspecified atom stereocenters. The van der Waals surface area contributed by atoms with E-state index >= 15 is 0 Å². The van der Waals surface area contributed by atoms with E-state index in [0.29, 0.717) is 23.6 Å². The van der Waals surface area contributed by atoms with E-state index in [1.807, 2.05) is 56.3 Å². The van der Waals surface area contributed by atoms with Crippen molar-refractivity contribution >= 4 is 23.1 Å². The number of carbonyl (C=O) groups is 2. The molecule has 1 aliphatic rings. The molecule has 1 atom stereocenters. The maximum absolute atomic E-state index is 13.3. The molecule has 33 heavy (non-hydrogen) atoms. The number of hydrogen-bond donors (Lipinski definition) is 1. The van der Waals surface area contributed by atoms with Crippen LogP contribution in [0.3, 0.4) is 0 Å². The first kappa shape index (κ1) is 22.3. The number of aliphatic hydroxyl groups is 1. The van der Waals surface area contributed by atoms with Crippen LogP contribution in [0.5, 0.6) is 5.75 Å². The van der Waals surface area contributed by atoms with Crippen LogP contribution in [-0.4, -0.2) is 23.4 Å². The summed E-state index contributed by atoms with van der Waals surface area (Å²) in [6, 6.07) is 21.4. The summed E-state index contributed by atoms with van der Waals surface area (Å²) in [5.41, 5.74) is 3.95. The van der Waals surface area contributed by atoms with E-state index in [-0.39, 0.29) is 11.3 Å². The van der Waals surface area contributed by atoms with E-state index in [1.54, 1.807) is 30.3 Å². The van der Waals surface area contributed by atoms with Crippen molar-refractivity contribution in [3.8, 4) is 5.75 Å². The summed E-state index contributed by atoms with van der Waals surface area (Å²) in [5, 5.41) is 11.3. The summed E-state index contributed by atoms with van der Waals surface area (Å²) in [7, 11) is 0. The molecule has 1 aliphatic heterocycles. The van der Waals surface area contributed by atoms with Gasteiger partial charge in [-0.1, -0.05) is 61.5 Å². The third-order valence-corrected chi connectivity index (χ3v) is 5.97. The van der Waals surface area contributed by atoms with E-state index in [0.717, 1.165) is 23.1 Å². The molecule has 1 N–H and O–H groups in total. The predicted molar refractivity (Wildman–Crippen MR) is 129 cm³/mol. The minimum absolute atomic E-state index is 0.0837. The summed E-state index contributed by atoms with van der Waals surface area (Å²) < 4.78 is 5.61. The number of ketones is 1. The second kappa shape index (κ2) is 9.33. The number of rotatable bonds is 6. The number of hydrogen-bond acceptors (Lipinski definition) is 4. The van der Waals surface area contributed by atoms with Gasteiger partial charge in [-0.3, -0.25) is 14.5 Å². The van der Waals surface area contributed by atoms with Crippen LogP contribution >= 0.6 is 0 Å². The first-order valence-corrected chi connectivity index (χ1v) is 11.1. The van der Waals surface area contributed by atoms with Gasteiger partial charge in [-0.05, 0) is 49.1 Å². The average molecular weight is 442 g/mol. The van der Waals surface area contributed by atoms with Gasteiger partial charge in [-0.15, -0.1) is 0 Å². The number of aliphatic hydroxyl groups excluding tert-OH is 1. The van der Waals surface area contributed by atoms with E-state index in [2.05, 4.69) is 6.92 Å². The van der Waals surface area contributed by atoms with Crippen LogP contribution in [0.15, 0.2) is 78.4 Å². The van der Waals surface area contributed by atoms with Gasteiger partial charge in [0.2, 0.25) is 0 Å². The standard InChI is InChI=1S/C28H27NO4/c1-4-19-13-15-20(16-14-19)26(30)24-25(23-12-7-6-9-18(23)3)29(28(32)27(24)31)21-10-8-11-22(17-21)33-5-2/h6-17,25,30H,4-5H2,1-3H3/b26-24+. The van der Waals surface area contributed by atoms with Gasteiger partial charge in [-0.25, -0.2) is 0 Å². The number of benzene rings is 3. The van der Waals surface area contributed by atoms with Gasteiger partial charge in [0.15, 0.2) is 0 Å². The molecule has 168 valence electrons. The lowest BCUT2D eigenvalue weighted by Gasteiger charge is -2.27. The van der Waals surface area contributed by atoms with Gasteiger partial charge in [-0.2, -0.15) is 0 Å². The Labute approximate surface area is 193 Å². The molecule has 3 aromatic carbocycles. The van der Waals surface area contributed by atoms with Gasteiger partial charge in [0, 0.05) is 17.3 Å². The number of ether oxygens (including phenoxy) is 1. The molecule has 1 amide bonds. The first-order valence-electron chi connectivity index (χ1n) is 11.1. The SMILES string of the molecule is CCOc1cccc(N2C(=O)C(=O)/C(=C(/O)c3ccc(CC)cc3)C2c2ccccc2C)c1. The van der Waals surface area contributed by atoms with Crippen molar-refractivity contribution in [2.45, 2.75) is 33.2 Å². The molecule has 0 bridgehead atoms. The molecule has 1 saturated heterocycles. The molecule has 1 heterocycles. The minimum Gasteiger partial charge on any atom is -0.507 e. The Morgan fingerprint density at radius 2 is 1.70 bits per heavy atom. The third kappa shape index (κ3) is 4.14. The normalized spacial score (nSPS) is 17.4. The van der Waals surface area contributed by atoms with E-state index < -0.39 is 17.7 Å². The number of amides is 1. The van der Waals surface area contributed by atoms with Crippen LogP contribution < -0.4 is 9.64 Å². The molecule has 0 aliphatic carbocycles. The van der Waals surface area contributed by atoms with Crippen LogP contribution in [0, 0.1) is 6.92 Å². The highest BCUT2D eigenvalue weighted by molar-refractivity contribution is 6.51. The zero-order valence-corrected chi connectivity index (χ0v) is 19.0. The molecule has 3 aromatic rings. The average Bonchev–Trinajstić information content (AvgIpc) is 3.09. The van der Waals surface area contributed by atoms with Gasteiger partial charge in [0.1, 0.15) is 11.5 Å². The summed E-state index contributed by atoms with van der Waals surface area (Å²) in [5.74, 6) is -0.950. The van der Waals surface area contributed by atoms with Gasteiger partial charge in [0.05, 0.1) is 18.2 Å². The van der Waals surface area contributed by atoms with Gasteiger partial charge >= 0.3 is 0 Å². The summed E-state index contributed by atoms with van der Waals surface area (Å²) in [6.45, 7) is 6.35. The molecule has 1 fully saturated rings. The molecular weight excluding hydrogens is 414 g/mol. The summed E-state index contributed by atoms with van der Waals surface area (Å²) in [4.78, 5) is 28.1. The Kier molecular flexibility index (Phi) is 6.31. The van der Waals surface area contributed by atoms with Crippen LogP contribution in [0.2, 0.25) is 0 Å². The molecule has 0 aromatic heterocycles. The molecule has 4 rings (SSSR count). The summed E-state index contributed by atoms with van der Waals surface area (Å²) in [6.07, 6.45) is 0.866. The zero-order chi connectivity index (χ0) is 23.5. The van der Waals surface area contributed by atoms with Crippen molar-refractivity contribution in [3.05, 3.63) is 101 Å². The van der Waals surface area contributed by atoms with E-state index in [4.69, 9.17) is 4.74 Å². The second-order valence-corrected chi connectivity index (χ2v) is 8.01. The van der Waals surface area contributed by atoms with Crippen molar-refractivity contribution < 1.29 is 19.4 Å². The Morgan fingerprint density at radius 3 is 2.36 bits per heavy atom. The predicted octanol–water partition coefficient (Wildman–Crippen LogP) is 5.58. The van der Waals surface area contributed by atoms with Crippen LogP contribution in [-0.2, 0) is 16.0 Å². The van der Waals surface area contributed by atoms with Crippen molar-refractivity contribution in [1.82, 2.24) is 0 Å². The Hall–Kier alpha value is -3.86. The smallest absolute Gasteiger partial charge is 0.300 e. The van der Waals surface area contributed by atoms with Crippen molar-refractivity contribution in [1.29, 1.82) is 0 Å². The van der Waals surface area contributed by atoms with Crippen LogP contribution in [0.4, 0.5) is 5.69 Å². The van der Waals surface area contributed by atoms with Gasteiger partial charge in [0.25, 0.3) is 11.7 Å². The van der Waals surface area contributed by atoms with Crippen LogP contribution in [0.1, 0.15) is 42.1 Å². The Balaban J connectivity index is 1.92. The van der Waals surface area contributed by atoms with Crippen molar-refractivity contribution in [2.75, 3.05) is 11.5 Å². The highest BCUT2D eigenvalue weighted by atomic mass is 16.5.